The molecule has 0 spiro atoms. The minimum Gasteiger partial charge on any atom is -0.370 e. The van der Waals surface area contributed by atoms with Crippen molar-refractivity contribution in [3.63, 3.8) is 0 Å². The molecule has 6 heteroatoms. The van der Waals surface area contributed by atoms with E-state index in [0.29, 0.717) is 19.1 Å². The molecule has 1 amide bonds. The van der Waals surface area contributed by atoms with Crippen molar-refractivity contribution in [3.8, 4) is 0 Å². The minimum atomic E-state index is 0.0671. The minimum absolute atomic E-state index is 0.0671. The fraction of sp³-hybridized carbons (Fsp3) is 0.526. The van der Waals surface area contributed by atoms with Gasteiger partial charge >= 0.3 is 0 Å². The first-order valence-corrected chi connectivity index (χ1v) is 9.64. The molecule has 2 aromatic heterocycles. The van der Waals surface area contributed by atoms with Crippen molar-refractivity contribution in [2.75, 3.05) is 13.1 Å². The van der Waals surface area contributed by atoms with Crippen LogP contribution in [0.3, 0.4) is 0 Å². The van der Waals surface area contributed by atoms with Crippen LogP contribution >= 0.6 is 11.3 Å². The molecule has 1 aliphatic rings. The summed E-state index contributed by atoms with van der Waals surface area (Å²) in [6, 6.07) is 5.81. The van der Waals surface area contributed by atoms with Gasteiger partial charge in [0, 0.05) is 25.2 Å². The zero-order valence-corrected chi connectivity index (χ0v) is 15.9. The van der Waals surface area contributed by atoms with Gasteiger partial charge < -0.3 is 9.64 Å². The predicted octanol–water partition coefficient (Wildman–Crippen LogP) is 3.79. The number of pyridine rings is 1. The van der Waals surface area contributed by atoms with Crippen LogP contribution in [0.5, 0.6) is 0 Å². The van der Waals surface area contributed by atoms with E-state index in [1.807, 2.05) is 30.0 Å². The Morgan fingerprint density at radius 3 is 2.96 bits per heavy atom. The second kappa shape index (κ2) is 8.06. The monoisotopic (exact) mass is 359 g/mol. The van der Waals surface area contributed by atoms with Gasteiger partial charge in [0.15, 0.2) is 0 Å². The number of aryl methyl sites for hydroxylation is 1. The maximum atomic E-state index is 12.9. The zero-order valence-electron chi connectivity index (χ0n) is 15.1. The number of carbonyl (C=O) groups excluding carboxylic acids is 1. The van der Waals surface area contributed by atoms with E-state index in [-0.39, 0.29) is 12.0 Å². The van der Waals surface area contributed by atoms with Gasteiger partial charge in [-0.3, -0.25) is 9.78 Å². The molecule has 25 heavy (non-hydrogen) atoms. The number of hydrogen-bond donors (Lipinski definition) is 0. The number of amides is 1. The van der Waals surface area contributed by atoms with Gasteiger partial charge in [0.1, 0.15) is 4.88 Å². The molecule has 0 radical (unpaired) electrons. The van der Waals surface area contributed by atoms with Crippen molar-refractivity contribution in [1.82, 2.24) is 14.9 Å². The first-order valence-electron chi connectivity index (χ1n) is 8.82. The summed E-state index contributed by atoms with van der Waals surface area (Å²) in [5.74, 6) is 0.439. The average molecular weight is 359 g/mol. The number of aromatic nitrogens is 2. The maximum Gasteiger partial charge on any atom is 0.265 e. The fourth-order valence-electron chi connectivity index (χ4n) is 2.95. The van der Waals surface area contributed by atoms with Crippen LogP contribution in [0.4, 0.5) is 0 Å². The fourth-order valence-corrected chi connectivity index (χ4v) is 3.99. The summed E-state index contributed by atoms with van der Waals surface area (Å²) in [7, 11) is 0. The van der Waals surface area contributed by atoms with E-state index >= 15 is 0 Å². The molecule has 1 aliphatic heterocycles. The lowest BCUT2D eigenvalue weighted by molar-refractivity contribution is -0.00774. The van der Waals surface area contributed by atoms with Crippen LogP contribution in [-0.2, 0) is 11.3 Å². The Morgan fingerprint density at radius 2 is 2.28 bits per heavy atom. The van der Waals surface area contributed by atoms with E-state index in [4.69, 9.17) is 4.74 Å². The number of nitrogens with zero attached hydrogens (tertiary/aromatic N) is 3. The normalized spacial score (nSPS) is 17.9. The summed E-state index contributed by atoms with van der Waals surface area (Å²) in [6.45, 7) is 8.06. The molecule has 134 valence electrons. The summed E-state index contributed by atoms with van der Waals surface area (Å²) in [4.78, 5) is 24.4. The molecule has 1 fully saturated rings. The largest absolute Gasteiger partial charge is 0.370 e. The summed E-state index contributed by atoms with van der Waals surface area (Å²) >= 11 is 1.53. The molecule has 3 rings (SSSR count). The zero-order chi connectivity index (χ0) is 17.8. The molecule has 0 saturated carbocycles. The quantitative estimate of drug-likeness (QED) is 0.815. The lowest BCUT2D eigenvalue weighted by atomic mass is 10.1. The van der Waals surface area contributed by atoms with Crippen molar-refractivity contribution in [2.24, 2.45) is 0 Å². The van der Waals surface area contributed by atoms with Crippen LogP contribution in [0.15, 0.2) is 24.4 Å². The number of thiazole rings is 1. The summed E-state index contributed by atoms with van der Waals surface area (Å²) < 4.78 is 5.99. The Morgan fingerprint density at radius 1 is 1.44 bits per heavy atom. The molecule has 0 N–H and O–H groups in total. The van der Waals surface area contributed by atoms with Crippen molar-refractivity contribution in [3.05, 3.63) is 45.7 Å². The SMILES string of the molecule is Cc1nc(C(C)C)sc1C(=O)N1CCC[C@@H](OCc2ccccn2)C1. The van der Waals surface area contributed by atoms with E-state index in [1.54, 1.807) is 6.20 Å². The van der Waals surface area contributed by atoms with E-state index in [1.165, 1.54) is 11.3 Å². The topological polar surface area (TPSA) is 55.3 Å². The van der Waals surface area contributed by atoms with Crippen molar-refractivity contribution < 1.29 is 9.53 Å². The third kappa shape index (κ3) is 4.44. The van der Waals surface area contributed by atoms with Crippen molar-refractivity contribution in [2.45, 2.75) is 52.2 Å². The highest BCUT2D eigenvalue weighted by atomic mass is 32.1. The average Bonchev–Trinajstić information content (AvgIpc) is 3.02. The number of ether oxygens (including phenoxy) is 1. The van der Waals surface area contributed by atoms with Crippen molar-refractivity contribution in [1.29, 1.82) is 0 Å². The highest BCUT2D eigenvalue weighted by Crippen LogP contribution is 2.27. The molecule has 0 aromatic carbocycles. The first kappa shape index (κ1) is 18.0. The van der Waals surface area contributed by atoms with Gasteiger partial charge in [-0.1, -0.05) is 19.9 Å². The van der Waals surface area contributed by atoms with E-state index < -0.39 is 0 Å². The summed E-state index contributed by atoms with van der Waals surface area (Å²) in [6.07, 6.45) is 3.79. The lowest BCUT2D eigenvalue weighted by Gasteiger charge is -2.32. The summed E-state index contributed by atoms with van der Waals surface area (Å²) in [5.41, 5.74) is 1.76. The van der Waals surface area contributed by atoms with Crippen LogP contribution in [0.25, 0.3) is 0 Å². The third-order valence-corrected chi connectivity index (χ3v) is 5.81. The number of hydrogen-bond acceptors (Lipinski definition) is 5. The first-order chi connectivity index (χ1) is 12.0. The van der Waals surface area contributed by atoms with Gasteiger partial charge in [-0.25, -0.2) is 4.98 Å². The molecule has 0 unspecified atom stereocenters. The molecule has 1 atom stereocenters. The molecule has 3 heterocycles. The highest BCUT2D eigenvalue weighted by Gasteiger charge is 2.28. The second-order valence-corrected chi connectivity index (χ2v) is 7.80. The van der Waals surface area contributed by atoms with E-state index in [2.05, 4.69) is 23.8 Å². The highest BCUT2D eigenvalue weighted by molar-refractivity contribution is 7.13. The molecular weight excluding hydrogens is 334 g/mol. The second-order valence-electron chi connectivity index (χ2n) is 6.77. The van der Waals surface area contributed by atoms with Gasteiger partial charge in [0.05, 0.1) is 29.1 Å². The van der Waals surface area contributed by atoms with Gasteiger partial charge in [0.25, 0.3) is 5.91 Å². The molecule has 5 nitrogen and oxygen atoms in total. The molecule has 2 aromatic rings. The maximum absolute atomic E-state index is 12.9. The number of rotatable bonds is 5. The number of carbonyl (C=O) groups is 1. The Hall–Kier alpha value is -1.79. The van der Waals surface area contributed by atoms with Crippen LogP contribution in [-0.4, -0.2) is 40.0 Å². The smallest absolute Gasteiger partial charge is 0.265 e. The third-order valence-electron chi connectivity index (χ3n) is 4.36. The van der Waals surface area contributed by atoms with E-state index in [0.717, 1.165) is 40.7 Å². The van der Waals surface area contributed by atoms with Crippen LogP contribution in [0.2, 0.25) is 0 Å². The van der Waals surface area contributed by atoms with Crippen LogP contribution in [0.1, 0.15) is 58.7 Å². The molecule has 1 saturated heterocycles. The lowest BCUT2D eigenvalue weighted by Crippen LogP contribution is -2.43. The Kier molecular flexibility index (Phi) is 5.81. The predicted molar refractivity (Wildman–Crippen MR) is 98.9 cm³/mol. The van der Waals surface area contributed by atoms with Crippen LogP contribution in [0, 0.1) is 6.92 Å². The van der Waals surface area contributed by atoms with Gasteiger partial charge in [-0.2, -0.15) is 0 Å². The Bertz CT molecular complexity index is 715. The van der Waals surface area contributed by atoms with Gasteiger partial charge in [-0.15, -0.1) is 11.3 Å². The van der Waals surface area contributed by atoms with Crippen LogP contribution < -0.4 is 0 Å². The Labute approximate surface area is 153 Å². The Balaban J connectivity index is 1.61. The van der Waals surface area contributed by atoms with Gasteiger partial charge in [0.2, 0.25) is 0 Å². The molecule has 0 bridgehead atoms. The van der Waals surface area contributed by atoms with Gasteiger partial charge in [-0.05, 0) is 31.9 Å². The number of likely N-dealkylation sites (tertiary alicyclic amines) is 1. The number of piperidine rings is 1. The van der Waals surface area contributed by atoms with E-state index in [9.17, 15) is 4.79 Å². The summed E-state index contributed by atoms with van der Waals surface area (Å²) in [5, 5.41) is 1.03. The van der Waals surface area contributed by atoms with Crippen molar-refractivity contribution >= 4 is 17.2 Å². The molecular formula is C19H25N3O2S. The standard InChI is InChI=1S/C19H25N3O2S/c1-13(2)18-21-14(3)17(25-18)19(23)22-10-6-8-16(11-22)24-12-15-7-4-5-9-20-15/h4-5,7,9,13,16H,6,8,10-12H2,1-3H3/t16-/m1/s1. The molecule has 0 aliphatic carbocycles.